The number of amides is 1. The van der Waals surface area contributed by atoms with Crippen molar-refractivity contribution in [2.75, 3.05) is 20.2 Å². The summed E-state index contributed by atoms with van der Waals surface area (Å²) in [4.78, 5) is 13.2. The molecule has 0 unspecified atom stereocenters. The first-order chi connectivity index (χ1) is 7.72. The zero-order valence-electron chi connectivity index (χ0n) is 9.72. The third kappa shape index (κ3) is 2.03. The van der Waals surface area contributed by atoms with Gasteiger partial charge in [0.15, 0.2) is 0 Å². The number of hydrogen-bond acceptors (Lipinski definition) is 2. The Bertz CT molecular complexity index is 363. The lowest BCUT2D eigenvalue weighted by Gasteiger charge is -2.15. The van der Waals surface area contributed by atoms with Gasteiger partial charge in [-0.2, -0.15) is 0 Å². The molecule has 1 saturated heterocycles. The lowest BCUT2D eigenvalue weighted by atomic mass is 9.90. The lowest BCUT2D eigenvalue weighted by Crippen LogP contribution is -2.28. The molecule has 1 aliphatic rings. The van der Waals surface area contributed by atoms with Crippen molar-refractivity contribution in [3.8, 4) is 0 Å². The van der Waals surface area contributed by atoms with Crippen molar-refractivity contribution in [1.29, 1.82) is 0 Å². The zero-order valence-corrected chi connectivity index (χ0v) is 9.72. The average Bonchev–Trinajstić information content (AvgIpc) is 2.71. The summed E-state index contributed by atoms with van der Waals surface area (Å²) >= 11 is 0. The van der Waals surface area contributed by atoms with Gasteiger partial charge in [-0.05, 0) is 11.5 Å². The summed E-state index contributed by atoms with van der Waals surface area (Å²) in [5.74, 6) is 0.918. The smallest absolute Gasteiger partial charge is 0.409 e. The Hall–Kier alpha value is -1.51. The van der Waals surface area contributed by atoms with E-state index in [2.05, 4.69) is 19.1 Å². The number of benzene rings is 1. The molecule has 0 aromatic heterocycles. The Balaban J connectivity index is 2.11. The van der Waals surface area contributed by atoms with E-state index in [0.717, 1.165) is 13.1 Å². The summed E-state index contributed by atoms with van der Waals surface area (Å²) in [6.45, 7) is 3.73. The zero-order chi connectivity index (χ0) is 11.5. The molecule has 16 heavy (non-hydrogen) atoms. The molecule has 1 amide bonds. The van der Waals surface area contributed by atoms with Crippen molar-refractivity contribution in [1.82, 2.24) is 4.90 Å². The fourth-order valence-corrected chi connectivity index (χ4v) is 2.38. The third-order valence-electron chi connectivity index (χ3n) is 3.27. The number of methoxy groups -OCH3 is 1. The highest BCUT2D eigenvalue weighted by atomic mass is 16.5. The Morgan fingerprint density at radius 2 is 2.00 bits per heavy atom. The summed E-state index contributed by atoms with van der Waals surface area (Å²) < 4.78 is 4.75. The highest BCUT2D eigenvalue weighted by molar-refractivity contribution is 5.68. The summed E-state index contributed by atoms with van der Waals surface area (Å²) in [5.41, 5.74) is 1.31. The van der Waals surface area contributed by atoms with Crippen LogP contribution in [0.5, 0.6) is 0 Å². The monoisotopic (exact) mass is 219 g/mol. The van der Waals surface area contributed by atoms with E-state index in [1.165, 1.54) is 12.7 Å². The Kier molecular flexibility index (Phi) is 3.13. The van der Waals surface area contributed by atoms with E-state index in [9.17, 15) is 4.79 Å². The molecular weight excluding hydrogens is 202 g/mol. The lowest BCUT2D eigenvalue weighted by molar-refractivity contribution is 0.131. The Labute approximate surface area is 96.0 Å². The van der Waals surface area contributed by atoms with Crippen molar-refractivity contribution in [3.05, 3.63) is 35.9 Å². The van der Waals surface area contributed by atoms with Gasteiger partial charge in [-0.25, -0.2) is 4.79 Å². The molecule has 1 aliphatic heterocycles. The minimum absolute atomic E-state index is 0.217. The topological polar surface area (TPSA) is 29.5 Å². The fourth-order valence-electron chi connectivity index (χ4n) is 2.38. The predicted octanol–water partition coefficient (Wildman–Crippen LogP) is 2.49. The van der Waals surface area contributed by atoms with Gasteiger partial charge in [-0.15, -0.1) is 0 Å². The molecule has 0 aliphatic carbocycles. The number of likely N-dealkylation sites (tertiary alicyclic amines) is 1. The first-order valence-electron chi connectivity index (χ1n) is 5.60. The van der Waals surface area contributed by atoms with Gasteiger partial charge in [0.2, 0.25) is 0 Å². The minimum Gasteiger partial charge on any atom is -0.453 e. The Morgan fingerprint density at radius 1 is 1.31 bits per heavy atom. The Morgan fingerprint density at radius 3 is 2.62 bits per heavy atom. The molecule has 2 rings (SSSR count). The maximum Gasteiger partial charge on any atom is 0.409 e. The standard InChI is InChI=1S/C13H17NO2/c1-10-8-14(13(15)16-2)9-12(10)11-6-4-3-5-7-11/h3-7,10,12H,8-9H2,1-2H3/t10-,12-/m0/s1. The van der Waals surface area contributed by atoms with Gasteiger partial charge < -0.3 is 9.64 Å². The van der Waals surface area contributed by atoms with Crippen molar-refractivity contribution < 1.29 is 9.53 Å². The first kappa shape index (κ1) is 11.0. The van der Waals surface area contributed by atoms with E-state index < -0.39 is 0 Å². The van der Waals surface area contributed by atoms with Crippen LogP contribution in [-0.4, -0.2) is 31.2 Å². The van der Waals surface area contributed by atoms with E-state index in [1.54, 1.807) is 4.90 Å². The molecule has 1 aromatic rings. The van der Waals surface area contributed by atoms with E-state index in [4.69, 9.17) is 4.74 Å². The van der Waals surface area contributed by atoms with Gasteiger partial charge in [0, 0.05) is 19.0 Å². The molecule has 0 spiro atoms. The molecule has 1 heterocycles. The molecular formula is C13H17NO2. The van der Waals surface area contributed by atoms with Gasteiger partial charge in [0.25, 0.3) is 0 Å². The highest BCUT2D eigenvalue weighted by Crippen LogP contribution is 2.32. The summed E-state index contributed by atoms with van der Waals surface area (Å²) in [6, 6.07) is 10.4. The third-order valence-corrected chi connectivity index (χ3v) is 3.27. The van der Waals surface area contributed by atoms with Gasteiger partial charge in [0.05, 0.1) is 7.11 Å². The molecule has 0 bridgehead atoms. The summed E-state index contributed by atoms with van der Waals surface area (Å²) in [6.07, 6.45) is -0.217. The fraction of sp³-hybridized carbons (Fsp3) is 0.462. The van der Waals surface area contributed by atoms with Gasteiger partial charge in [0.1, 0.15) is 0 Å². The van der Waals surface area contributed by atoms with E-state index >= 15 is 0 Å². The molecule has 2 atom stereocenters. The molecule has 86 valence electrons. The SMILES string of the molecule is COC(=O)N1C[C@H](c2ccccc2)[C@@H](C)C1. The van der Waals surface area contributed by atoms with Crippen LogP contribution >= 0.6 is 0 Å². The van der Waals surface area contributed by atoms with Crippen LogP contribution in [-0.2, 0) is 4.74 Å². The molecule has 1 fully saturated rings. The largest absolute Gasteiger partial charge is 0.453 e. The number of ether oxygens (including phenoxy) is 1. The molecule has 1 aromatic carbocycles. The van der Waals surface area contributed by atoms with Crippen LogP contribution in [0.15, 0.2) is 30.3 Å². The van der Waals surface area contributed by atoms with Gasteiger partial charge >= 0.3 is 6.09 Å². The van der Waals surface area contributed by atoms with Crippen molar-refractivity contribution in [2.24, 2.45) is 5.92 Å². The van der Waals surface area contributed by atoms with Gasteiger partial charge in [-0.3, -0.25) is 0 Å². The average molecular weight is 219 g/mol. The summed E-state index contributed by atoms with van der Waals surface area (Å²) in [7, 11) is 1.43. The number of nitrogens with zero attached hydrogens (tertiary/aromatic N) is 1. The highest BCUT2D eigenvalue weighted by Gasteiger charge is 2.33. The van der Waals surface area contributed by atoms with Crippen LogP contribution in [0.4, 0.5) is 4.79 Å². The number of rotatable bonds is 1. The maximum absolute atomic E-state index is 11.4. The molecule has 3 heteroatoms. The summed E-state index contributed by atoms with van der Waals surface area (Å²) in [5, 5.41) is 0. The van der Waals surface area contributed by atoms with Crippen LogP contribution in [0.2, 0.25) is 0 Å². The van der Waals surface area contributed by atoms with Crippen LogP contribution in [0.3, 0.4) is 0 Å². The second-order valence-corrected chi connectivity index (χ2v) is 4.37. The van der Waals surface area contributed by atoms with E-state index in [0.29, 0.717) is 11.8 Å². The van der Waals surface area contributed by atoms with Crippen LogP contribution in [0, 0.1) is 5.92 Å². The van der Waals surface area contributed by atoms with Crippen molar-refractivity contribution >= 4 is 6.09 Å². The first-order valence-corrected chi connectivity index (χ1v) is 5.60. The predicted molar refractivity (Wildman–Crippen MR) is 62.3 cm³/mol. The minimum atomic E-state index is -0.217. The maximum atomic E-state index is 11.4. The molecule has 0 saturated carbocycles. The van der Waals surface area contributed by atoms with Gasteiger partial charge in [-0.1, -0.05) is 37.3 Å². The number of carbonyl (C=O) groups excluding carboxylic acids is 1. The quantitative estimate of drug-likeness (QED) is 0.726. The second-order valence-electron chi connectivity index (χ2n) is 4.37. The van der Waals surface area contributed by atoms with Crippen molar-refractivity contribution in [2.45, 2.75) is 12.8 Å². The molecule has 0 radical (unpaired) electrons. The second kappa shape index (κ2) is 4.56. The normalized spacial score (nSPS) is 24.5. The van der Waals surface area contributed by atoms with E-state index in [1.807, 2.05) is 18.2 Å². The van der Waals surface area contributed by atoms with Crippen LogP contribution in [0.1, 0.15) is 18.4 Å². The van der Waals surface area contributed by atoms with Crippen molar-refractivity contribution in [3.63, 3.8) is 0 Å². The molecule has 3 nitrogen and oxygen atoms in total. The molecule has 0 N–H and O–H groups in total. The number of hydrogen-bond donors (Lipinski definition) is 0. The van der Waals surface area contributed by atoms with Crippen LogP contribution in [0.25, 0.3) is 0 Å². The van der Waals surface area contributed by atoms with E-state index in [-0.39, 0.29) is 6.09 Å². The number of carbonyl (C=O) groups is 1. The van der Waals surface area contributed by atoms with Crippen LogP contribution < -0.4 is 0 Å².